The number of aromatic carboxylic acids is 1. The zero-order valence-corrected chi connectivity index (χ0v) is 20.6. The highest BCUT2D eigenvalue weighted by Crippen LogP contribution is 2.55. The summed E-state index contributed by atoms with van der Waals surface area (Å²) in [6, 6.07) is 7.25. The molecule has 2 aromatic rings. The van der Waals surface area contributed by atoms with Crippen LogP contribution in [-0.4, -0.2) is 28.8 Å². The quantitative estimate of drug-likeness (QED) is 0.335. The van der Waals surface area contributed by atoms with Crippen LogP contribution in [0.2, 0.25) is 0 Å². The van der Waals surface area contributed by atoms with Gasteiger partial charge >= 0.3 is 12.1 Å². The molecule has 4 nitrogen and oxygen atoms in total. The number of carboxylic acid groups (broad SMARTS) is 1. The van der Waals surface area contributed by atoms with Crippen LogP contribution in [0.4, 0.5) is 17.6 Å². The molecule has 0 radical (unpaired) electrons. The number of hydrogen-bond acceptors (Lipinski definition) is 3. The Morgan fingerprint density at radius 2 is 1.77 bits per heavy atom. The Labute approximate surface area is 204 Å². The average Bonchev–Trinajstić information content (AvgIpc) is 2.77. The zero-order valence-electron chi connectivity index (χ0n) is 20.6. The molecule has 35 heavy (non-hydrogen) atoms. The molecular formula is C27H35F4NO3. The first kappa shape index (κ1) is 28.6. The van der Waals surface area contributed by atoms with Crippen molar-refractivity contribution in [1.29, 1.82) is 0 Å². The van der Waals surface area contributed by atoms with Crippen LogP contribution in [0.5, 0.6) is 5.75 Å². The van der Waals surface area contributed by atoms with Crippen LogP contribution in [0.3, 0.4) is 0 Å². The molecule has 0 unspecified atom stereocenters. The number of aromatic nitrogens is 1. The van der Waals surface area contributed by atoms with Gasteiger partial charge in [-0.1, -0.05) is 40.0 Å². The first-order valence-corrected chi connectivity index (χ1v) is 12.3. The molecule has 0 amide bonds. The number of carbonyl (C=O) groups is 1. The van der Waals surface area contributed by atoms with Crippen molar-refractivity contribution in [1.82, 2.24) is 4.98 Å². The lowest BCUT2D eigenvalue weighted by Crippen LogP contribution is -2.43. The highest BCUT2D eigenvalue weighted by atomic mass is 19.4. The van der Waals surface area contributed by atoms with E-state index in [9.17, 15) is 22.4 Å². The van der Waals surface area contributed by atoms with E-state index in [2.05, 4.69) is 18.8 Å². The SMILES string of the molecule is CCC1(C(F)(F)F)CCC1.CCCC(CCC)COc1ccc(-c2ccc(C(=O)O)cc2F)nc1. The third-order valence-corrected chi connectivity index (χ3v) is 6.70. The van der Waals surface area contributed by atoms with Crippen molar-refractivity contribution >= 4 is 5.97 Å². The third kappa shape index (κ3) is 7.67. The standard InChI is InChI=1S/C20H24FNO3.C7H11F3/c1-3-5-14(6-4-2)13-25-16-8-10-19(22-12-16)17-9-7-15(20(23)24)11-18(17)21;1-2-6(4-3-5-6)7(8,9)10/h7-12,14H,3-6,13H2,1-2H3,(H,23,24);2-5H2,1H3. The fourth-order valence-corrected chi connectivity index (χ4v) is 4.26. The smallest absolute Gasteiger partial charge is 0.394 e. The zero-order chi connectivity index (χ0) is 26.1. The minimum absolute atomic E-state index is 0.0842. The van der Waals surface area contributed by atoms with Crippen molar-refractivity contribution in [3.8, 4) is 17.0 Å². The van der Waals surface area contributed by atoms with E-state index >= 15 is 0 Å². The van der Waals surface area contributed by atoms with E-state index in [1.807, 2.05) is 0 Å². The van der Waals surface area contributed by atoms with E-state index in [4.69, 9.17) is 9.84 Å². The maximum Gasteiger partial charge on any atom is 0.394 e. The Balaban J connectivity index is 0.000000360. The van der Waals surface area contributed by atoms with Gasteiger partial charge in [0, 0.05) is 5.56 Å². The van der Waals surface area contributed by atoms with Crippen LogP contribution in [0.15, 0.2) is 36.5 Å². The maximum atomic E-state index is 14.1. The highest BCUT2D eigenvalue weighted by molar-refractivity contribution is 5.88. The minimum atomic E-state index is -3.96. The molecule has 0 bridgehead atoms. The van der Waals surface area contributed by atoms with Gasteiger partial charge in [0.25, 0.3) is 0 Å². The van der Waals surface area contributed by atoms with Crippen LogP contribution in [0, 0.1) is 17.2 Å². The fraction of sp³-hybridized carbons (Fsp3) is 0.556. The molecule has 0 atom stereocenters. The summed E-state index contributed by atoms with van der Waals surface area (Å²) in [5, 5.41) is 8.89. The Bertz CT molecular complexity index is 929. The molecule has 1 saturated carbocycles. The van der Waals surface area contributed by atoms with Gasteiger partial charge in [-0.05, 0) is 68.4 Å². The van der Waals surface area contributed by atoms with Gasteiger partial charge in [-0.25, -0.2) is 9.18 Å². The molecule has 1 fully saturated rings. The first-order valence-electron chi connectivity index (χ1n) is 12.3. The maximum absolute atomic E-state index is 14.1. The monoisotopic (exact) mass is 497 g/mol. The topological polar surface area (TPSA) is 59.4 Å². The summed E-state index contributed by atoms with van der Waals surface area (Å²) in [7, 11) is 0. The van der Waals surface area contributed by atoms with Crippen LogP contribution in [-0.2, 0) is 0 Å². The van der Waals surface area contributed by atoms with Gasteiger partial charge in [-0.3, -0.25) is 4.98 Å². The second kappa shape index (κ2) is 12.9. The molecule has 0 aliphatic heterocycles. The van der Waals surface area contributed by atoms with Gasteiger partial charge in [0.05, 0.1) is 29.5 Å². The molecule has 0 saturated heterocycles. The summed E-state index contributed by atoms with van der Waals surface area (Å²) < 4.78 is 56.4. The average molecular weight is 498 g/mol. The van der Waals surface area contributed by atoms with E-state index in [0.717, 1.165) is 38.2 Å². The molecule has 1 heterocycles. The van der Waals surface area contributed by atoms with E-state index in [-0.39, 0.29) is 17.5 Å². The Morgan fingerprint density at radius 3 is 2.14 bits per heavy atom. The van der Waals surface area contributed by atoms with Gasteiger partial charge < -0.3 is 9.84 Å². The predicted octanol–water partition coefficient (Wildman–Crippen LogP) is 8.31. The second-order valence-electron chi connectivity index (χ2n) is 9.12. The molecule has 1 N–H and O–H groups in total. The molecule has 1 aromatic heterocycles. The summed E-state index contributed by atoms with van der Waals surface area (Å²) in [6.45, 7) is 6.61. The van der Waals surface area contributed by atoms with Crippen molar-refractivity contribution in [3.63, 3.8) is 0 Å². The normalized spacial score (nSPS) is 14.6. The van der Waals surface area contributed by atoms with Crippen molar-refractivity contribution in [3.05, 3.63) is 47.9 Å². The first-order chi connectivity index (χ1) is 16.6. The Hall–Kier alpha value is -2.64. The van der Waals surface area contributed by atoms with E-state index in [1.165, 1.54) is 12.1 Å². The summed E-state index contributed by atoms with van der Waals surface area (Å²) >= 11 is 0. The van der Waals surface area contributed by atoms with Gasteiger partial charge in [-0.15, -0.1) is 0 Å². The fourth-order valence-electron chi connectivity index (χ4n) is 4.26. The Morgan fingerprint density at radius 1 is 1.11 bits per heavy atom. The molecule has 1 aliphatic carbocycles. The largest absolute Gasteiger partial charge is 0.492 e. The number of hydrogen-bond donors (Lipinski definition) is 1. The van der Waals surface area contributed by atoms with Crippen molar-refractivity contribution < 1.29 is 32.2 Å². The van der Waals surface area contributed by atoms with E-state index < -0.39 is 23.4 Å². The number of halogens is 4. The number of ether oxygens (including phenoxy) is 1. The molecule has 194 valence electrons. The lowest BCUT2D eigenvalue weighted by Gasteiger charge is -2.42. The van der Waals surface area contributed by atoms with Gasteiger partial charge in [0.2, 0.25) is 0 Å². The van der Waals surface area contributed by atoms with Gasteiger partial charge in [-0.2, -0.15) is 13.2 Å². The number of rotatable bonds is 10. The summed E-state index contributed by atoms with van der Waals surface area (Å²) in [6.07, 6.45) is 3.84. The number of alkyl halides is 3. The molecule has 1 aromatic carbocycles. The summed E-state index contributed by atoms with van der Waals surface area (Å²) in [5.41, 5.74) is -0.668. The molecule has 3 rings (SSSR count). The van der Waals surface area contributed by atoms with Gasteiger partial charge in [0.15, 0.2) is 0 Å². The molecular weight excluding hydrogens is 462 g/mol. The van der Waals surface area contributed by atoms with E-state index in [0.29, 0.717) is 36.8 Å². The predicted molar refractivity (Wildman–Crippen MR) is 128 cm³/mol. The summed E-state index contributed by atoms with van der Waals surface area (Å²) in [5.74, 6) is -0.568. The Kier molecular flexibility index (Phi) is 10.5. The lowest BCUT2D eigenvalue weighted by molar-refractivity contribution is -0.251. The van der Waals surface area contributed by atoms with Crippen molar-refractivity contribution in [2.24, 2.45) is 11.3 Å². The summed E-state index contributed by atoms with van der Waals surface area (Å²) in [4.78, 5) is 15.1. The van der Waals surface area contributed by atoms with Crippen LogP contribution < -0.4 is 4.74 Å². The van der Waals surface area contributed by atoms with Gasteiger partial charge in [0.1, 0.15) is 11.6 Å². The van der Waals surface area contributed by atoms with Crippen LogP contribution in [0.1, 0.15) is 82.5 Å². The van der Waals surface area contributed by atoms with Crippen molar-refractivity contribution in [2.45, 2.75) is 78.3 Å². The molecule has 8 heteroatoms. The highest BCUT2D eigenvalue weighted by Gasteiger charge is 2.56. The number of carboxylic acids is 1. The lowest BCUT2D eigenvalue weighted by atomic mass is 9.66. The molecule has 1 aliphatic rings. The van der Waals surface area contributed by atoms with Crippen LogP contribution >= 0.6 is 0 Å². The minimum Gasteiger partial charge on any atom is -0.492 e. The second-order valence-corrected chi connectivity index (χ2v) is 9.12. The number of benzene rings is 1. The molecule has 0 spiro atoms. The third-order valence-electron chi connectivity index (χ3n) is 6.70. The number of nitrogens with zero attached hydrogens (tertiary/aromatic N) is 1. The number of pyridine rings is 1. The van der Waals surface area contributed by atoms with Crippen LogP contribution in [0.25, 0.3) is 11.3 Å². The van der Waals surface area contributed by atoms with E-state index in [1.54, 1.807) is 25.3 Å². The van der Waals surface area contributed by atoms with Crippen molar-refractivity contribution in [2.75, 3.05) is 6.61 Å².